The number of aromatic nitrogens is 2. The number of carbonyl (C=O) groups is 3. The van der Waals surface area contributed by atoms with Crippen molar-refractivity contribution in [1.29, 1.82) is 0 Å². The predicted molar refractivity (Wildman–Crippen MR) is 108 cm³/mol. The Morgan fingerprint density at radius 3 is 2.62 bits per heavy atom. The van der Waals surface area contributed by atoms with E-state index in [1.807, 2.05) is 13.8 Å². The van der Waals surface area contributed by atoms with Crippen molar-refractivity contribution in [2.24, 2.45) is 0 Å². The van der Waals surface area contributed by atoms with Crippen LogP contribution in [0.15, 0.2) is 23.0 Å². The molecule has 0 unspecified atom stereocenters. The SMILES string of the molecule is CCCNC(=O)[C@H](C)NC(=O)COC(=O)c1ccc2c(c1)nc(C)c(=O)n2CC. The number of hydrogen-bond donors (Lipinski definition) is 2. The number of aryl methyl sites for hydroxylation is 2. The summed E-state index contributed by atoms with van der Waals surface area (Å²) in [5.74, 6) is -1.57. The van der Waals surface area contributed by atoms with Crippen molar-refractivity contribution in [1.82, 2.24) is 20.2 Å². The summed E-state index contributed by atoms with van der Waals surface area (Å²) in [7, 11) is 0. The van der Waals surface area contributed by atoms with Crippen LogP contribution in [0.25, 0.3) is 11.0 Å². The first-order valence-electron chi connectivity index (χ1n) is 9.53. The topological polar surface area (TPSA) is 119 Å². The zero-order chi connectivity index (χ0) is 21.6. The van der Waals surface area contributed by atoms with E-state index in [-0.39, 0.29) is 17.0 Å². The molecule has 0 saturated carbocycles. The summed E-state index contributed by atoms with van der Waals surface area (Å²) in [6, 6.07) is 3.94. The molecule has 0 radical (unpaired) electrons. The summed E-state index contributed by atoms with van der Waals surface area (Å²) in [5, 5.41) is 5.15. The first-order valence-corrected chi connectivity index (χ1v) is 9.53. The zero-order valence-corrected chi connectivity index (χ0v) is 17.1. The number of carbonyl (C=O) groups excluding carboxylic acids is 3. The van der Waals surface area contributed by atoms with E-state index in [1.54, 1.807) is 24.5 Å². The van der Waals surface area contributed by atoms with Crippen molar-refractivity contribution >= 4 is 28.8 Å². The van der Waals surface area contributed by atoms with Crippen LogP contribution in [0.2, 0.25) is 0 Å². The Labute approximate surface area is 168 Å². The lowest BCUT2D eigenvalue weighted by Gasteiger charge is -2.14. The molecule has 2 amide bonds. The van der Waals surface area contributed by atoms with E-state index < -0.39 is 24.5 Å². The Morgan fingerprint density at radius 2 is 1.97 bits per heavy atom. The van der Waals surface area contributed by atoms with Gasteiger partial charge in [-0.15, -0.1) is 0 Å². The lowest BCUT2D eigenvalue weighted by atomic mass is 10.2. The second-order valence-corrected chi connectivity index (χ2v) is 6.61. The molecule has 156 valence electrons. The lowest BCUT2D eigenvalue weighted by molar-refractivity contribution is -0.130. The minimum absolute atomic E-state index is 0.177. The van der Waals surface area contributed by atoms with Gasteiger partial charge in [0.1, 0.15) is 11.7 Å². The molecule has 9 nitrogen and oxygen atoms in total. The number of esters is 1. The fourth-order valence-corrected chi connectivity index (χ4v) is 2.78. The largest absolute Gasteiger partial charge is 0.452 e. The van der Waals surface area contributed by atoms with Gasteiger partial charge in [0.2, 0.25) is 5.91 Å². The molecule has 1 heterocycles. The van der Waals surface area contributed by atoms with Crippen LogP contribution in [-0.2, 0) is 20.9 Å². The van der Waals surface area contributed by atoms with Crippen molar-refractivity contribution in [2.45, 2.75) is 46.7 Å². The van der Waals surface area contributed by atoms with Gasteiger partial charge < -0.3 is 19.9 Å². The van der Waals surface area contributed by atoms with E-state index in [9.17, 15) is 19.2 Å². The molecule has 0 aliphatic carbocycles. The summed E-state index contributed by atoms with van der Waals surface area (Å²) >= 11 is 0. The second-order valence-electron chi connectivity index (χ2n) is 6.61. The third-order valence-electron chi connectivity index (χ3n) is 4.32. The van der Waals surface area contributed by atoms with Gasteiger partial charge in [-0.2, -0.15) is 0 Å². The summed E-state index contributed by atoms with van der Waals surface area (Å²) < 4.78 is 6.61. The number of fused-ring (bicyclic) bond motifs is 1. The van der Waals surface area contributed by atoms with E-state index in [1.165, 1.54) is 12.1 Å². The number of rotatable bonds is 8. The second kappa shape index (κ2) is 9.81. The van der Waals surface area contributed by atoms with Gasteiger partial charge >= 0.3 is 5.97 Å². The molecule has 0 fully saturated rings. The molecule has 0 spiro atoms. The first-order chi connectivity index (χ1) is 13.8. The highest BCUT2D eigenvalue weighted by Crippen LogP contribution is 2.14. The molecule has 2 aromatic rings. The Balaban J connectivity index is 2.03. The molecule has 0 aliphatic rings. The molecule has 1 atom stereocenters. The number of benzene rings is 1. The molecule has 0 aliphatic heterocycles. The number of hydrogen-bond acceptors (Lipinski definition) is 6. The highest BCUT2D eigenvalue weighted by Gasteiger charge is 2.17. The maximum atomic E-state index is 12.3. The Bertz CT molecular complexity index is 983. The van der Waals surface area contributed by atoms with E-state index in [4.69, 9.17) is 4.74 Å². The van der Waals surface area contributed by atoms with Crippen molar-refractivity contribution in [3.05, 3.63) is 39.8 Å². The van der Waals surface area contributed by atoms with Gasteiger partial charge in [-0.25, -0.2) is 9.78 Å². The molecule has 2 rings (SSSR count). The smallest absolute Gasteiger partial charge is 0.338 e. The minimum Gasteiger partial charge on any atom is -0.452 e. The van der Waals surface area contributed by atoms with Gasteiger partial charge in [0.15, 0.2) is 6.61 Å². The van der Waals surface area contributed by atoms with Gasteiger partial charge in [-0.05, 0) is 45.4 Å². The van der Waals surface area contributed by atoms with Crippen LogP contribution < -0.4 is 16.2 Å². The van der Waals surface area contributed by atoms with Crippen LogP contribution in [0.3, 0.4) is 0 Å². The van der Waals surface area contributed by atoms with Gasteiger partial charge in [-0.1, -0.05) is 6.92 Å². The van der Waals surface area contributed by atoms with Crippen molar-refractivity contribution in [3.8, 4) is 0 Å². The van der Waals surface area contributed by atoms with Crippen molar-refractivity contribution in [3.63, 3.8) is 0 Å². The van der Waals surface area contributed by atoms with Gasteiger partial charge in [-0.3, -0.25) is 14.4 Å². The van der Waals surface area contributed by atoms with E-state index >= 15 is 0 Å². The third kappa shape index (κ3) is 5.40. The van der Waals surface area contributed by atoms with Crippen LogP contribution in [0.1, 0.15) is 43.2 Å². The fourth-order valence-electron chi connectivity index (χ4n) is 2.78. The third-order valence-corrected chi connectivity index (χ3v) is 4.32. The summed E-state index contributed by atoms with van der Waals surface area (Å²) in [5.41, 5.74) is 1.48. The zero-order valence-electron chi connectivity index (χ0n) is 17.1. The standard InChI is InChI=1S/C20H26N4O5/c1-5-9-21-18(26)12(3)23-17(25)11-29-20(28)14-7-8-16-15(10-14)22-13(4)19(27)24(16)6-2/h7-8,10,12H,5-6,9,11H2,1-4H3,(H,21,26)(H,23,25)/t12-/m0/s1. The average molecular weight is 402 g/mol. The van der Waals surface area contributed by atoms with Gasteiger partial charge in [0.25, 0.3) is 11.5 Å². The Kier molecular flexibility index (Phi) is 7.46. The van der Waals surface area contributed by atoms with E-state index in [0.29, 0.717) is 29.8 Å². The number of nitrogens with one attached hydrogen (secondary N) is 2. The van der Waals surface area contributed by atoms with Crippen LogP contribution in [-0.4, -0.2) is 46.5 Å². The lowest BCUT2D eigenvalue weighted by Crippen LogP contribution is -2.46. The highest BCUT2D eigenvalue weighted by molar-refractivity contribution is 5.95. The normalized spacial score (nSPS) is 11.7. The summed E-state index contributed by atoms with van der Waals surface area (Å²) in [4.78, 5) is 52.4. The van der Waals surface area contributed by atoms with E-state index in [0.717, 1.165) is 6.42 Å². The molecule has 1 aromatic heterocycles. The molecule has 0 bridgehead atoms. The summed E-state index contributed by atoms with van der Waals surface area (Å²) in [6.07, 6.45) is 0.790. The number of ether oxygens (including phenoxy) is 1. The van der Waals surface area contributed by atoms with Crippen molar-refractivity contribution in [2.75, 3.05) is 13.2 Å². The van der Waals surface area contributed by atoms with Crippen molar-refractivity contribution < 1.29 is 19.1 Å². The molecule has 29 heavy (non-hydrogen) atoms. The molecule has 1 aromatic carbocycles. The minimum atomic E-state index is -0.730. The quantitative estimate of drug-likeness (QED) is 0.634. The summed E-state index contributed by atoms with van der Waals surface area (Å²) in [6.45, 7) is 7.43. The van der Waals surface area contributed by atoms with E-state index in [2.05, 4.69) is 15.6 Å². The average Bonchev–Trinajstić information content (AvgIpc) is 2.70. The Hall–Kier alpha value is -3.23. The molecule has 0 saturated heterocycles. The molecular weight excluding hydrogens is 376 g/mol. The van der Waals surface area contributed by atoms with Crippen LogP contribution in [0, 0.1) is 6.92 Å². The molecular formula is C20H26N4O5. The highest BCUT2D eigenvalue weighted by atomic mass is 16.5. The monoisotopic (exact) mass is 402 g/mol. The fraction of sp³-hybridized carbons (Fsp3) is 0.450. The maximum absolute atomic E-state index is 12.3. The van der Waals surface area contributed by atoms with Crippen LogP contribution in [0.4, 0.5) is 0 Å². The van der Waals surface area contributed by atoms with Gasteiger partial charge in [0, 0.05) is 13.1 Å². The van der Waals surface area contributed by atoms with Gasteiger partial charge in [0.05, 0.1) is 16.6 Å². The Morgan fingerprint density at radius 1 is 1.24 bits per heavy atom. The number of nitrogens with zero attached hydrogens (tertiary/aromatic N) is 2. The first kappa shape index (κ1) is 22.1. The van der Waals surface area contributed by atoms with Crippen LogP contribution >= 0.6 is 0 Å². The van der Waals surface area contributed by atoms with Crippen LogP contribution in [0.5, 0.6) is 0 Å². The maximum Gasteiger partial charge on any atom is 0.338 e. The predicted octanol–water partition coefficient (Wildman–Crippen LogP) is 0.913. The molecule has 2 N–H and O–H groups in total. The molecule has 9 heteroatoms. The number of amides is 2.